The Balaban J connectivity index is 2.00. The van der Waals surface area contributed by atoms with Crippen LogP contribution in [0.25, 0.3) is 11.0 Å². The number of anilines is 1. The van der Waals surface area contributed by atoms with Gasteiger partial charge in [0, 0.05) is 26.3 Å². The van der Waals surface area contributed by atoms with Crippen LogP contribution in [0.5, 0.6) is 0 Å². The van der Waals surface area contributed by atoms with E-state index >= 15 is 0 Å². The molecule has 0 aliphatic carbocycles. The maximum absolute atomic E-state index is 11.3. The quantitative estimate of drug-likeness (QED) is 0.880. The first-order chi connectivity index (χ1) is 9.01. The third-order valence-corrected chi connectivity index (χ3v) is 3.94. The van der Waals surface area contributed by atoms with Crippen LogP contribution in [0.15, 0.2) is 18.5 Å². The number of aryl methyl sites for hydroxylation is 1. The number of hydrogen-bond acceptors (Lipinski definition) is 4. The lowest BCUT2D eigenvalue weighted by Crippen LogP contribution is -2.31. The number of carboxylic acid groups (broad SMARTS) is 1. The Morgan fingerprint density at radius 1 is 1.53 bits per heavy atom. The topological polar surface area (TPSA) is 71.2 Å². The lowest BCUT2D eigenvalue weighted by Gasteiger charge is -2.22. The van der Waals surface area contributed by atoms with Gasteiger partial charge in [0.25, 0.3) is 0 Å². The van der Waals surface area contributed by atoms with Crippen molar-refractivity contribution in [3.05, 3.63) is 18.5 Å². The Morgan fingerprint density at radius 3 is 3.00 bits per heavy atom. The number of fused-ring (bicyclic) bond motifs is 1. The molecule has 0 saturated carbocycles. The van der Waals surface area contributed by atoms with Crippen LogP contribution in [0.3, 0.4) is 0 Å². The fourth-order valence-electron chi connectivity index (χ4n) is 2.65. The van der Waals surface area contributed by atoms with Gasteiger partial charge < -0.3 is 10.0 Å². The lowest BCUT2D eigenvalue weighted by molar-refractivity contribution is -0.146. The van der Waals surface area contributed by atoms with Crippen LogP contribution < -0.4 is 4.90 Å². The molecule has 2 aromatic rings. The first-order valence-corrected chi connectivity index (χ1v) is 6.26. The minimum Gasteiger partial charge on any atom is -0.481 e. The maximum Gasteiger partial charge on any atom is 0.311 e. The number of carbonyl (C=O) groups is 1. The highest BCUT2D eigenvalue weighted by molar-refractivity contribution is 5.90. The van der Waals surface area contributed by atoms with Crippen LogP contribution in [-0.2, 0) is 11.8 Å². The lowest BCUT2D eigenvalue weighted by atomic mass is 9.90. The zero-order chi connectivity index (χ0) is 13.6. The molecule has 2 aromatic heterocycles. The fourth-order valence-corrected chi connectivity index (χ4v) is 2.65. The van der Waals surface area contributed by atoms with E-state index in [4.69, 9.17) is 0 Å². The molecule has 1 atom stereocenters. The van der Waals surface area contributed by atoms with Gasteiger partial charge in [-0.1, -0.05) is 0 Å². The van der Waals surface area contributed by atoms with Gasteiger partial charge in [-0.05, 0) is 19.4 Å². The van der Waals surface area contributed by atoms with Gasteiger partial charge in [0.15, 0.2) is 5.65 Å². The summed E-state index contributed by atoms with van der Waals surface area (Å²) in [5.41, 5.74) is 1.17. The highest BCUT2D eigenvalue weighted by atomic mass is 16.4. The molecule has 1 aliphatic rings. The summed E-state index contributed by atoms with van der Waals surface area (Å²) in [4.78, 5) is 17.7. The van der Waals surface area contributed by atoms with E-state index in [1.807, 2.05) is 13.1 Å². The van der Waals surface area contributed by atoms with Crippen LogP contribution >= 0.6 is 0 Å². The molecule has 0 radical (unpaired) electrons. The highest BCUT2D eigenvalue weighted by Gasteiger charge is 2.40. The van der Waals surface area contributed by atoms with Crippen LogP contribution in [0.2, 0.25) is 0 Å². The van der Waals surface area contributed by atoms with Gasteiger partial charge in [-0.2, -0.15) is 5.10 Å². The Labute approximate surface area is 110 Å². The van der Waals surface area contributed by atoms with E-state index in [9.17, 15) is 9.90 Å². The highest BCUT2D eigenvalue weighted by Crippen LogP contribution is 2.35. The Kier molecular flexibility index (Phi) is 2.48. The predicted octanol–water partition coefficient (Wildman–Crippen LogP) is 1.27. The van der Waals surface area contributed by atoms with Crippen molar-refractivity contribution < 1.29 is 9.90 Å². The predicted molar refractivity (Wildman–Crippen MR) is 71.1 cm³/mol. The van der Waals surface area contributed by atoms with Crippen molar-refractivity contribution in [2.75, 3.05) is 18.0 Å². The molecular weight excluding hydrogens is 244 g/mol. The smallest absolute Gasteiger partial charge is 0.311 e. The molecule has 6 nitrogen and oxygen atoms in total. The normalized spacial score (nSPS) is 23.2. The van der Waals surface area contributed by atoms with E-state index in [2.05, 4.69) is 15.0 Å². The average Bonchev–Trinajstić information content (AvgIpc) is 2.95. The van der Waals surface area contributed by atoms with Crippen molar-refractivity contribution in [2.45, 2.75) is 13.3 Å². The van der Waals surface area contributed by atoms with E-state index in [-0.39, 0.29) is 0 Å². The minimum atomic E-state index is -0.730. The van der Waals surface area contributed by atoms with Gasteiger partial charge in [-0.15, -0.1) is 0 Å². The van der Waals surface area contributed by atoms with E-state index < -0.39 is 11.4 Å². The second-order valence-electron chi connectivity index (χ2n) is 5.37. The molecule has 3 heterocycles. The van der Waals surface area contributed by atoms with Crippen LogP contribution in [0.1, 0.15) is 13.3 Å². The summed E-state index contributed by atoms with van der Waals surface area (Å²) in [7, 11) is 1.85. The largest absolute Gasteiger partial charge is 0.481 e. The summed E-state index contributed by atoms with van der Waals surface area (Å²) >= 11 is 0. The van der Waals surface area contributed by atoms with E-state index in [1.54, 1.807) is 24.0 Å². The van der Waals surface area contributed by atoms with Crippen LogP contribution in [0.4, 0.5) is 5.69 Å². The van der Waals surface area contributed by atoms with Gasteiger partial charge >= 0.3 is 5.97 Å². The molecule has 1 N–H and O–H groups in total. The molecule has 0 amide bonds. The summed E-state index contributed by atoms with van der Waals surface area (Å²) in [6.45, 7) is 3.07. The minimum absolute atomic E-state index is 0.524. The van der Waals surface area contributed by atoms with Crippen molar-refractivity contribution in [3.8, 4) is 0 Å². The summed E-state index contributed by atoms with van der Waals surface area (Å²) in [6, 6.07) is 1.93. The summed E-state index contributed by atoms with van der Waals surface area (Å²) < 4.78 is 1.73. The van der Waals surface area contributed by atoms with E-state index in [0.29, 0.717) is 13.0 Å². The van der Waals surface area contributed by atoms with Gasteiger partial charge in [0.1, 0.15) is 0 Å². The van der Waals surface area contributed by atoms with Gasteiger partial charge in [-0.25, -0.2) is 4.98 Å². The molecule has 0 spiro atoms. The van der Waals surface area contributed by atoms with Gasteiger partial charge in [-0.3, -0.25) is 9.48 Å². The number of pyridine rings is 1. The average molecular weight is 260 g/mol. The van der Waals surface area contributed by atoms with Crippen molar-refractivity contribution >= 4 is 22.7 Å². The Morgan fingerprint density at radius 2 is 2.32 bits per heavy atom. The molecule has 6 heteroatoms. The Bertz CT molecular complexity index is 651. The first-order valence-electron chi connectivity index (χ1n) is 6.26. The van der Waals surface area contributed by atoms with E-state index in [0.717, 1.165) is 23.3 Å². The van der Waals surface area contributed by atoms with Crippen LogP contribution in [-0.4, -0.2) is 38.9 Å². The Hall–Kier alpha value is -2.11. The summed E-state index contributed by atoms with van der Waals surface area (Å²) in [5.74, 6) is -0.730. The fraction of sp³-hybridized carbons (Fsp3) is 0.462. The third-order valence-electron chi connectivity index (χ3n) is 3.94. The molecule has 0 bridgehead atoms. The molecule has 19 heavy (non-hydrogen) atoms. The SMILES string of the molecule is Cn1ncc2c(N3CCC(C)(C(=O)O)C3)ccnc21. The monoisotopic (exact) mass is 260 g/mol. The maximum atomic E-state index is 11.3. The molecule has 1 fully saturated rings. The van der Waals surface area contributed by atoms with Gasteiger partial charge in [0.05, 0.1) is 22.7 Å². The number of hydrogen-bond donors (Lipinski definition) is 1. The standard InChI is InChI=1S/C13H16N4O2/c1-13(12(18)19)4-6-17(8-13)10-3-5-14-11-9(10)7-15-16(11)2/h3,5,7H,4,6,8H2,1-2H3,(H,18,19). The van der Waals surface area contributed by atoms with Crippen molar-refractivity contribution in [1.82, 2.24) is 14.8 Å². The zero-order valence-electron chi connectivity index (χ0n) is 11.0. The molecule has 1 saturated heterocycles. The molecule has 1 aliphatic heterocycles. The second kappa shape index (κ2) is 3.94. The molecule has 0 aromatic carbocycles. The molecule has 100 valence electrons. The number of aliphatic carboxylic acids is 1. The number of nitrogens with zero attached hydrogens (tertiary/aromatic N) is 4. The van der Waals surface area contributed by atoms with Crippen molar-refractivity contribution in [1.29, 1.82) is 0 Å². The zero-order valence-corrected chi connectivity index (χ0v) is 11.0. The number of carboxylic acids is 1. The third kappa shape index (κ3) is 1.75. The van der Waals surface area contributed by atoms with Gasteiger partial charge in [0.2, 0.25) is 0 Å². The number of rotatable bonds is 2. The first kappa shape index (κ1) is 12.0. The van der Waals surface area contributed by atoms with Crippen LogP contribution in [0, 0.1) is 5.41 Å². The summed E-state index contributed by atoms with van der Waals surface area (Å²) in [6.07, 6.45) is 4.19. The molecular formula is C13H16N4O2. The van der Waals surface area contributed by atoms with E-state index in [1.165, 1.54) is 0 Å². The second-order valence-corrected chi connectivity index (χ2v) is 5.37. The molecule has 1 unspecified atom stereocenters. The van der Waals surface area contributed by atoms with Crippen molar-refractivity contribution in [3.63, 3.8) is 0 Å². The van der Waals surface area contributed by atoms with Crippen molar-refractivity contribution in [2.24, 2.45) is 12.5 Å². The summed E-state index contributed by atoms with van der Waals surface area (Å²) in [5, 5.41) is 14.5. The molecule has 3 rings (SSSR count). The number of aromatic nitrogens is 3.